The van der Waals surface area contributed by atoms with Gasteiger partial charge in [-0.1, -0.05) is 26.0 Å². The minimum absolute atomic E-state index is 0.0301. The van der Waals surface area contributed by atoms with Gasteiger partial charge in [0.15, 0.2) is 0 Å². The fourth-order valence-electron chi connectivity index (χ4n) is 3.88. The molecule has 0 unspecified atom stereocenters. The third-order valence-corrected chi connectivity index (χ3v) is 7.09. The fraction of sp³-hybridized carbons (Fsp3) is 0.611. The molecule has 0 aromatic heterocycles. The van der Waals surface area contributed by atoms with Crippen LogP contribution in [-0.4, -0.2) is 67.1 Å². The topological polar surface area (TPSA) is 60.9 Å². The first-order chi connectivity index (χ1) is 12.3. The first kappa shape index (κ1) is 19.3. The zero-order chi connectivity index (χ0) is 18.9. The third kappa shape index (κ3) is 3.92. The molecule has 6 nitrogen and oxygen atoms in total. The molecule has 3 rings (SSSR count). The number of benzene rings is 1. The summed E-state index contributed by atoms with van der Waals surface area (Å²) in [7, 11) is -3.52. The Hall–Kier alpha value is -1.51. The molecule has 1 aromatic carbocycles. The first-order valence-electron chi connectivity index (χ1n) is 9.08. The number of piperazine rings is 1. The van der Waals surface area contributed by atoms with E-state index in [9.17, 15) is 17.6 Å². The highest BCUT2D eigenvalue weighted by molar-refractivity contribution is 7.86. The molecule has 0 spiro atoms. The van der Waals surface area contributed by atoms with E-state index in [1.165, 1.54) is 27.4 Å². The highest BCUT2D eigenvalue weighted by atomic mass is 32.2. The number of rotatable bonds is 3. The van der Waals surface area contributed by atoms with Crippen LogP contribution in [0.5, 0.6) is 0 Å². The van der Waals surface area contributed by atoms with E-state index < -0.39 is 16.0 Å². The average molecular weight is 383 g/mol. The lowest BCUT2D eigenvalue weighted by Crippen LogP contribution is -2.56. The maximum Gasteiger partial charge on any atom is 0.282 e. The molecule has 0 bridgehead atoms. The summed E-state index contributed by atoms with van der Waals surface area (Å²) in [5.41, 5.74) is 0.0301. The van der Waals surface area contributed by atoms with Gasteiger partial charge in [0.25, 0.3) is 16.1 Å². The van der Waals surface area contributed by atoms with Crippen molar-refractivity contribution in [3.05, 3.63) is 35.6 Å². The van der Waals surface area contributed by atoms with E-state index in [4.69, 9.17) is 0 Å². The number of amides is 1. The van der Waals surface area contributed by atoms with Gasteiger partial charge >= 0.3 is 0 Å². The second-order valence-electron chi connectivity index (χ2n) is 7.44. The standard InChI is InChI=1S/C18H26FN3O3S/c1-14-11-15(2)13-22(12-14)26(24,25)21-9-7-20(8-10-21)18(23)16-5-3-4-6-17(16)19/h3-6,14-15H,7-13H2,1-2H3/t14-,15-/m0/s1. The van der Waals surface area contributed by atoms with Crippen LogP contribution in [0.2, 0.25) is 0 Å². The molecule has 2 aliphatic heterocycles. The summed E-state index contributed by atoms with van der Waals surface area (Å²) in [5.74, 6) is -0.251. The summed E-state index contributed by atoms with van der Waals surface area (Å²) in [6, 6.07) is 5.87. The van der Waals surface area contributed by atoms with Gasteiger partial charge in [0.05, 0.1) is 5.56 Å². The van der Waals surface area contributed by atoms with Gasteiger partial charge in [-0.05, 0) is 30.4 Å². The van der Waals surface area contributed by atoms with Gasteiger partial charge in [-0.15, -0.1) is 0 Å². The lowest BCUT2D eigenvalue weighted by Gasteiger charge is -2.40. The Bertz CT molecular complexity index is 753. The van der Waals surface area contributed by atoms with Crippen LogP contribution < -0.4 is 0 Å². The van der Waals surface area contributed by atoms with E-state index in [0.717, 1.165) is 6.42 Å². The summed E-state index contributed by atoms with van der Waals surface area (Å²) in [6.45, 7) is 6.24. The highest BCUT2D eigenvalue weighted by Gasteiger charge is 2.37. The quantitative estimate of drug-likeness (QED) is 0.800. The van der Waals surface area contributed by atoms with Crippen molar-refractivity contribution in [2.75, 3.05) is 39.3 Å². The van der Waals surface area contributed by atoms with Crippen LogP contribution in [0.25, 0.3) is 0 Å². The smallest absolute Gasteiger partial charge is 0.282 e. The summed E-state index contributed by atoms with van der Waals surface area (Å²) in [5, 5.41) is 0. The van der Waals surface area contributed by atoms with Gasteiger partial charge in [0.2, 0.25) is 0 Å². The zero-order valence-corrected chi connectivity index (χ0v) is 16.1. The van der Waals surface area contributed by atoms with E-state index in [1.807, 2.05) is 0 Å². The molecule has 1 aromatic rings. The summed E-state index contributed by atoms with van der Waals surface area (Å²) >= 11 is 0. The lowest BCUT2D eigenvalue weighted by molar-refractivity contribution is 0.0687. The molecule has 26 heavy (non-hydrogen) atoms. The number of carbonyl (C=O) groups is 1. The van der Waals surface area contributed by atoms with Crippen molar-refractivity contribution in [3.8, 4) is 0 Å². The molecular formula is C18H26FN3O3S. The molecule has 2 saturated heterocycles. The zero-order valence-electron chi connectivity index (χ0n) is 15.3. The molecule has 2 atom stereocenters. The van der Waals surface area contributed by atoms with Crippen LogP contribution in [0, 0.1) is 17.7 Å². The van der Waals surface area contributed by atoms with Crippen LogP contribution in [0.4, 0.5) is 4.39 Å². The number of piperidine rings is 1. The minimum Gasteiger partial charge on any atom is -0.336 e. The molecule has 8 heteroatoms. The Labute approximate surface area is 154 Å². The fourth-order valence-corrected chi connectivity index (χ4v) is 5.72. The monoisotopic (exact) mass is 383 g/mol. The molecule has 2 aliphatic rings. The van der Waals surface area contributed by atoms with E-state index in [-0.39, 0.29) is 37.6 Å². The van der Waals surface area contributed by atoms with E-state index in [1.54, 1.807) is 10.4 Å². The molecule has 0 saturated carbocycles. The predicted octanol–water partition coefficient (Wildman–Crippen LogP) is 1.81. The minimum atomic E-state index is -3.52. The second-order valence-corrected chi connectivity index (χ2v) is 9.37. The Balaban J connectivity index is 1.64. The Morgan fingerprint density at radius 3 is 2.15 bits per heavy atom. The van der Waals surface area contributed by atoms with Crippen molar-refractivity contribution in [2.45, 2.75) is 20.3 Å². The maximum atomic E-state index is 13.8. The van der Waals surface area contributed by atoms with Gasteiger partial charge < -0.3 is 4.90 Å². The first-order valence-corrected chi connectivity index (χ1v) is 10.5. The van der Waals surface area contributed by atoms with Gasteiger partial charge in [-0.3, -0.25) is 4.79 Å². The number of halogens is 1. The Kier molecular flexibility index (Phi) is 5.64. The van der Waals surface area contributed by atoms with Crippen molar-refractivity contribution < 1.29 is 17.6 Å². The van der Waals surface area contributed by atoms with Gasteiger partial charge in [0.1, 0.15) is 5.82 Å². The largest absolute Gasteiger partial charge is 0.336 e. The number of carbonyl (C=O) groups excluding carboxylic acids is 1. The van der Waals surface area contributed by atoms with E-state index >= 15 is 0 Å². The number of hydrogen-bond donors (Lipinski definition) is 0. The summed E-state index contributed by atoms with van der Waals surface area (Å²) < 4.78 is 42.7. The van der Waals surface area contributed by atoms with Crippen molar-refractivity contribution in [3.63, 3.8) is 0 Å². The van der Waals surface area contributed by atoms with Gasteiger partial charge in [-0.25, -0.2) is 4.39 Å². The van der Waals surface area contributed by atoms with Crippen molar-refractivity contribution >= 4 is 16.1 Å². The van der Waals surface area contributed by atoms with Crippen LogP contribution >= 0.6 is 0 Å². The van der Waals surface area contributed by atoms with Gasteiger partial charge in [0, 0.05) is 39.3 Å². The Morgan fingerprint density at radius 1 is 1.00 bits per heavy atom. The molecule has 1 amide bonds. The lowest BCUT2D eigenvalue weighted by atomic mass is 9.94. The van der Waals surface area contributed by atoms with Crippen LogP contribution in [0.1, 0.15) is 30.6 Å². The van der Waals surface area contributed by atoms with Crippen molar-refractivity contribution in [1.82, 2.24) is 13.5 Å². The van der Waals surface area contributed by atoms with Crippen molar-refractivity contribution in [2.24, 2.45) is 11.8 Å². The normalized spacial score (nSPS) is 26.0. The van der Waals surface area contributed by atoms with Crippen LogP contribution in [0.15, 0.2) is 24.3 Å². The maximum absolute atomic E-state index is 13.8. The average Bonchev–Trinajstić information content (AvgIpc) is 2.61. The van der Waals surface area contributed by atoms with Crippen molar-refractivity contribution in [1.29, 1.82) is 0 Å². The SMILES string of the molecule is C[C@H]1C[C@H](C)CN(S(=O)(=O)N2CCN(C(=O)c3ccccc3F)CC2)C1. The predicted molar refractivity (Wildman–Crippen MR) is 97.3 cm³/mol. The van der Waals surface area contributed by atoms with E-state index in [0.29, 0.717) is 24.9 Å². The van der Waals surface area contributed by atoms with Gasteiger partial charge in [-0.2, -0.15) is 17.0 Å². The number of hydrogen-bond acceptors (Lipinski definition) is 3. The van der Waals surface area contributed by atoms with E-state index in [2.05, 4.69) is 13.8 Å². The molecule has 0 aliphatic carbocycles. The number of nitrogens with zero attached hydrogens (tertiary/aromatic N) is 3. The molecule has 2 heterocycles. The second kappa shape index (κ2) is 7.62. The highest BCUT2D eigenvalue weighted by Crippen LogP contribution is 2.25. The summed E-state index contributed by atoms with van der Waals surface area (Å²) in [6.07, 6.45) is 1.04. The molecule has 144 valence electrons. The molecule has 2 fully saturated rings. The molecular weight excluding hydrogens is 357 g/mol. The van der Waals surface area contributed by atoms with Crippen LogP contribution in [0.3, 0.4) is 0 Å². The Morgan fingerprint density at radius 2 is 1.58 bits per heavy atom. The molecule has 0 radical (unpaired) electrons. The molecule has 0 N–H and O–H groups in total. The third-order valence-electron chi connectivity index (χ3n) is 5.12. The van der Waals surface area contributed by atoms with Crippen LogP contribution in [-0.2, 0) is 10.2 Å². The summed E-state index contributed by atoms with van der Waals surface area (Å²) in [4.78, 5) is 14.0.